The Bertz CT molecular complexity index is 196. The van der Waals surface area contributed by atoms with Gasteiger partial charge in [0.25, 0.3) is 0 Å². The van der Waals surface area contributed by atoms with Crippen molar-refractivity contribution in [1.29, 1.82) is 5.41 Å². The van der Waals surface area contributed by atoms with Crippen molar-refractivity contribution in [1.82, 2.24) is 10.8 Å². The van der Waals surface area contributed by atoms with Crippen LogP contribution in [0.4, 0.5) is 0 Å². The molecule has 0 fully saturated rings. The van der Waals surface area contributed by atoms with Crippen LogP contribution in [0.3, 0.4) is 0 Å². The first-order valence-corrected chi connectivity index (χ1v) is 4.49. The minimum atomic E-state index is -1.05. The quantitative estimate of drug-likeness (QED) is 0.176. The second-order valence-electron chi connectivity index (χ2n) is 3.07. The summed E-state index contributed by atoms with van der Waals surface area (Å²) < 4.78 is 0. The van der Waals surface area contributed by atoms with E-state index in [2.05, 4.69) is 5.32 Å². The van der Waals surface area contributed by atoms with Crippen LogP contribution in [0.15, 0.2) is 0 Å². The Morgan fingerprint density at radius 3 is 2.57 bits per heavy atom. The standard InChI is InChI=1S/C8H17N3O3/c1-6(9)10-5-3-2-4-7(11-14)8(12)13/h7,11,14H,2-5H2,1H3,(H2,9,10)(H,12,13)/t7-/m0/s1. The Morgan fingerprint density at radius 1 is 1.50 bits per heavy atom. The van der Waals surface area contributed by atoms with E-state index in [1.165, 1.54) is 0 Å². The van der Waals surface area contributed by atoms with Crippen LogP contribution >= 0.6 is 0 Å². The molecule has 0 saturated heterocycles. The number of hydrogen-bond donors (Lipinski definition) is 5. The number of hydroxylamine groups is 1. The minimum absolute atomic E-state index is 0.380. The molecule has 0 bridgehead atoms. The molecule has 0 radical (unpaired) electrons. The lowest BCUT2D eigenvalue weighted by Crippen LogP contribution is -2.34. The predicted octanol–water partition coefficient (Wildman–Crippen LogP) is 0.175. The van der Waals surface area contributed by atoms with Crippen molar-refractivity contribution in [2.75, 3.05) is 6.54 Å². The lowest BCUT2D eigenvalue weighted by atomic mass is 10.1. The minimum Gasteiger partial charge on any atom is -0.480 e. The van der Waals surface area contributed by atoms with Crippen LogP contribution in [0.2, 0.25) is 0 Å². The van der Waals surface area contributed by atoms with Gasteiger partial charge < -0.3 is 15.6 Å². The van der Waals surface area contributed by atoms with Crippen molar-refractivity contribution in [3.05, 3.63) is 0 Å². The maximum Gasteiger partial charge on any atom is 0.323 e. The molecule has 5 N–H and O–H groups in total. The molecule has 0 saturated carbocycles. The lowest BCUT2D eigenvalue weighted by molar-refractivity contribution is -0.142. The zero-order chi connectivity index (χ0) is 11.0. The fourth-order valence-corrected chi connectivity index (χ4v) is 0.993. The van der Waals surface area contributed by atoms with E-state index < -0.39 is 12.0 Å². The summed E-state index contributed by atoms with van der Waals surface area (Å²) in [6.45, 7) is 2.31. The third-order valence-corrected chi connectivity index (χ3v) is 1.76. The lowest BCUT2D eigenvalue weighted by Gasteiger charge is -2.09. The number of rotatable bonds is 7. The Labute approximate surface area is 82.8 Å². The number of hydrogen-bond acceptors (Lipinski definition) is 4. The van der Waals surface area contributed by atoms with Gasteiger partial charge in [0.15, 0.2) is 0 Å². The molecule has 14 heavy (non-hydrogen) atoms. The Hall–Kier alpha value is -1.14. The van der Waals surface area contributed by atoms with Gasteiger partial charge in [-0.2, -0.15) is 5.48 Å². The van der Waals surface area contributed by atoms with E-state index in [4.69, 9.17) is 15.7 Å². The molecule has 0 amide bonds. The highest BCUT2D eigenvalue weighted by Gasteiger charge is 2.14. The third kappa shape index (κ3) is 6.38. The number of carboxylic acids is 1. The smallest absolute Gasteiger partial charge is 0.323 e. The largest absolute Gasteiger partial charge is 0.480 e. The summed E-state index contributed by atoms with van der Waals surface area (Å²) in [7, 11) is 0. The normalized spacial score (nSPS) is 12.1. The number of carboxylic acid groups (broad SMARTS) is 1. The first-order valence-electron chi connectivity index (χ1n) is 4.49. The van der Waals surface area contributed by atoms with E-state index in [1.807, 2.05) is 0 Å². The third-order valence-electron chi connectivity index (χ3n) is 1.76. The molecule has 0 aliphatic heterocycles. The van der Waals surface area contributed by atoms with Gasteiger partial charge in [-0.1, -0.05) is 0 Å². The van der Waals surface area contributed by atoms with Gasteiger partial charge in [0.2, 0.25) is 0 Å². The first kappa shape index (κ1) is 12.9. The molecule has 0 aromatic rings. The van der Waals surface area contributed by atoms with Crippen LogP contribution in [0.5, 0.6) is 0 Å². The molecule has 0 heterocycles. The average Bonchev–Trinajstić information content (AvgIpc) is 2.10. The van der Waals surface area contributed by atoms with E-state index >= 15 is 0 Å². The molecule has 0 unspecified atom stereocenters. The van der Waals surface area contributed by atoms with Gasteiger partial charge >= 0.3 is 5.97 Å². The molecule has 1 atom stereocenters. The summed E-state index contributed by atoms with van der Waals surface area (Å²) in [5.41, 5.74) is 1.74. The number of aliphatic carboxylic acids is 1. The summed E-state index contributed by atoms with van der Waals surface area (Å²) >= 11 is 0. The van der Waals surface area contributed by atoms with Crippen molar-refractivity contribution in [3.63, 3.8) is 0 Å². The van der Waals surface area contributed by atoms with Crippen molar-refractivity contribution < 1.29 is 15.1 Å². The molecule has 0 aromatic carbocycles. The fraction of sp³-hybridized carbons (Fsp3) is 0.750. The van der Waals surface area contributed by atoms with Crippen LogP contribution in [-0.4, -0.2) is 34.7 Å². The van der Waals surface area contributed by atoms with Gasteiger partial charge in [-0.15, -0.1) is 0 Å². The highest BCUT2D eigenvalue weighted by atomic mass is 16.5. The monoisotopic (exact) mass is 203 g/mol. The number of unbranched alkanes of at least 4 members (excludes halogenated alkanes) is 1. The highest BCUT2D eigenvalue weighted by molar-refractivity contribution is 5.75. The SMILES string of the molecule is CC(=N)NCCCC[C@H](NO)C(=O)O. The zero-order valence-corrected chi connectivity index (χ0v) is 8.21. The van der Waals surface area contributed by atoms with Gasteiger partial charge in [0.1, 0.15) is 6.04 Å². The number of nitrogens with one attached hydrogen (secondary N) is 3. The van der Waals surface area contributed by atoms with Crippen LogP contribution < -0.4 is 10.8 Å². The maximum absolute atomic E-state index is 10.4. The Balaban J connectivity index is 3.42. The van der Waals surface area contributed by atoms with E-state index in [-0.39, 0.29) is 0 Å². The van der Waals surface area contributed by atoms with Crippen molar-refractivity contribution in [2.24, 2.45) is 0 Å². The molecule has 6 nitrogen and oxygen atoms in total. The molecular formula is C8H17N3O3. The second-order valence-corrected chi connectivity index (χ2v) is 3.07. The van der Waals surface area contributed by atoms with Gasteiger partial charge in [0, 0.05) is 6.54 Å². The van der Waals surface area contributed by atoms with Crippen LogP contribution in [0, 0.1) is 5.41 Å². The number of carbonyl (C=O) groups is 1. The first-order chi connectivity index (χ1) is 6.57. The molecule has 0 aliphatic carbocycles. The van der Waals surface area contributed by atoms with Crippen LogP contribution in [0.1, 0.15) is 26.2 Å². The van der Waals surface area contributed by atoms with Gasteiger partial charge in [0.05, 0.1) is 5.84 Å². The Morgan fingerprint density at radius 2 is 2.14 bits per heavy atom. The predicted molar refractivity (Wildman–Crippen MR) is 51.6 cm³/mol. The van der Waals surface area contributed by atoms with E-state index in [0.717, 1.165) is 6.42 Å². The Kier molecular flexibility index (Phi) is 6.69. The van der Waals surface area contributed by atoms with Gasteiger partial charge in [-0.05, 0) is 26.2 Å². The maximum atomic E-state index is 10.4. The van der Waals surface area contributed by atoms with Gasteiger partial charge in [-0.25, -0.2) is 0 Å². The molecule has 0 aromatic heterocycles. The summed E-state index contributed by atoms with van der Waals surface area (Å²) in [5, 5.41) is 26.9. The van der Waals surface area contributed by atoms with Crippen molar-refractivity contribution >= 4 is 11.8 Å². The second kappa shape index (κ2) is 7.28. The van der Waals surface area contributed by atoms with E-state index in [1.54, 1.807) is 12.4 Å². The van der Waals surface area contributed by atoms with Crippen LogP contribution in [-0.2, 0) is 4.79 Å². The summed E-state index contributed by atoms with van der Waals surface area (Å²) in [6.07, 6.45) is 1.84. The number of amidine groups is 1. The fourth-order valence-electron chi connectivity index (χ4n) is 0.993. The summed E-state index contributed by atoms with van der Waals surface area (Å²) in [5.74, 6) is -0.649. The molecule has 6 heteroatoms. The van der Waals surface area contributed by atoms with Crippen molar-refractivity contribution in [2.45, 2.75) is 32.2 Å². The summed E-state index contributed by atoms with van der Waals surface area (Å²) in [6, 6.07) is -0.893. The van der Waals surface area contributed by atoms with Crippen molar-refractivity contribution in [3.8, 4) is 0 Å². The molecule has 82 valence electrons. The zero-order valence-electron chi connectivity index (χ0n) is 8.21. The highest BCUT2D eigenvalue weighted by Crippen LogP contribution is 1.99. The molecule has 0 aliphatic rings. The average molecular weight is 203 g/mol. The van der Waals surface area contributed by atoms with Crippen LogP contribution in [0.25, 0.3) is 0 Å². The molecule has 0 rings (SSSR count). The van der Waals surface area contributed by atoms with E-state index in [0.29, 0.717) is 25.2 Å². The molecular weight excluding hydrogens is 186 g/mol. The molecule has 0 spiro atoms. The summed E-state index contributed by atoms with van der Waals surface area (Å²) in [4.78, 5) is 10.4. The van der Waals surface area contributed by atoms with E-state index in [9.17, 15) is 4.79 Å². The topological polar surface area (TPSA) is 105 Å². The van der Waals surface area contributed by atoms with Gasteiger partial charge in [-0.3, -0.25) is 10.2 Å².